The van der Waals surface area contributed by atoms with E-state index < -0.39 is 0 Å². The summed E-state index contributed by atoms with van der Waals surface area (Å²) in [5.74, 6) is 2.44. The van der Waals surface area contributed by atoms with Gasteiger partial charge in [-0.25, -0.2) is 9.98 Å². The maximum Gasteiger partial charge on any atom is 0.213 e. The number of halogens is 1. The van der Waals surface area contributed by atoms with Gasteiger partial charge in [0, 0.05) is 51.6 Å². The lowest BCUT2D eigenvalue weighted by Gasteiger charge is -2.32. The summed E-state index contributed by atoms with van der Waals surface area (Å²) >= 11 is 0. The highest BCUT2D eigenvalue weighted by Gasteiger charge is 2.21. The van der Waals surface area contributed by atoms with E-state index in [0.717, 1.165) is 81.8 Å². The SMILES string of the molecule is CCNC(=NCc1ccnc(OC2CCC(C)CC2)c1)NC1CCN(CCOC)CC1.I. The summed E-state index contributed by atoms with van der Waals surface area (Å²) in [6.07, 6.45) is 9.14. The Kier molecular flexibility index (Phi) is 12.6. The molecule has 0 aromatic carbocycles. The molecule has 3 rings (SSSR count). The summed E-state index contributed by atoms with van der Waals surface area (Å²) < 4.78 is 11.4. The van der Waals surface area contributed by atoms with Crippen LogP contribution in [0.3, 0.4) is 0 Å². The van der Waals surface area contributed by atoms with Gasteiger partial charge in [0.15, 0.2) is 5.96 Å². The Bertz CT molecular complexity index is 674. The van der Waals surface area contributed by atoms with Crippen LogP contribution >= 0.6 is 24.0 Å². The van der Waals surface area contributed by atoms with Crippen molar-refractivity contribution in [3.8, 4) is 5.88 Å². The highest BCUT2D eigenvalue weighted by Crippen LogP contribution is 2.26. The number of rotatable bonds is 9. The number of aromatic nitrogens is 1. The van der Waals surface area contributed by atoms with Crippen molar-refractivity contribution < 1.29 is 9.47 Å². The fourth-order valence-electron chi connectivity index (χ4n) is 4.34. The summed E-state index contributed by atoms with van der Waals surface area (Å²) in [5, 5.41) is 7.01. The second kappa shape index (κ2) is 14.9. The van der Waals surface area contributed by atoms with Crippen molar-refractivity contribution in [3.63, 3.8) is 0 Å². The molecule has 0 amide bonds. The first-order chi connectivity index (χ1) is 15.2. The topological polar surface area (TPSA) is 71.0 Å². The van der Waals surface area contributed by atoms with E-state index in [1.807, 2.05) is 18.3 Å². The van der Waals surface area contributed by atoms with E-state index in [2.05, 4.69) is 34.4 Å². The van der Waals surface area contributed by atoms with Crippen LogP contribution in [-0.2, 0) is 11.3 Å². The highest BCUT2D eigenvalue weighted by atomic mass is 127. The Morgan fingerprint density at radius 1 is 1.19 bits per heavy atom. The molecule has 0 spiro atoms. The summed E-state index contributed by atoms with van der Waals surface area (Å²) in [4.78, 5) is 11.7. The largest absolute Gasteiger partial charge is 0.474 e. The Hall–Kier alpha value is -1.13. The predicted molar refractivity (Wildman–Crippen MR) is 141 cm³/mol. The van der Waals surface area contributed by atoms with Crippen LogP contribution < -0.4 is 15.4 Å². The average Bonchev–Trinajstić information content (AvgIpc) is 2.79. The van der Waals surface area contributed by atoms with Gasteiger partial charge in [-0.05, 0) is 63.0 Å². The molecule has 0 bridgehead atoms. The first-order valence-electron chi connectivity index (χ1n) is 12.0. The molecule has 1 saturated carbocycles. The van der Waals surface area contributed by atoms with Crippen molar-refractivity contribution in [2.45, 2.75) is 71.1 Å². The smallest absolute Gasteiger partial charge is 0.213 e. The van der Waals surface area contributed by atoms with Crippen molar-refractivity contribution in [2.75, 3.05) is 39.9 Å². The lowest BCUT2D eigenvalue weighted by molar-refractivity contribution is 0.128. The lowest BCUT2D eigenvalue weighted by atomic mass is 9.89. The Morgan fingerprint density at radius 3 is 2.62 bits per heavy atom. The summed E-state index contributed by atoms with van der Waals surface area (Å²) in [6.45, 7) is 9.92. The van der Waals surface area contributed by atoms with Crippen LogP contribution in [0.15, 0.2) is 23.3 Å². The molecule has 2 fully saturated rings. The molecule has 1 saturated heterocycles. The molecule has 0 atom stereocenters. The highest BCUT2D eigenvalue weighted by molar-refractivity contribution is 14.0. The molecular weight excluding hydrogens is 517 g/mol. The minimum absolute atomic E-state index is 0. The Morgan fingerprint density at radius 2 is 1.94 bits per heavy atom. The summed E-state index contributed by atoms with van der Waals surface area (Å²) in [5.41, 5.74) is 1.13. The monoisotopic (exact) mass is 559 g/mol. The normalized spacial score (nSPS) is 22.8. The second-order valence-corrected chi connectivity index (χ2v) is 8.95. The van der Waals surface area contributed by atoms with Gasteiger partial charge in [-0.3, -0.25) is 0 Å². The molecule has 2 aliphatic rings. The number of guanidine groups is 1. The van der Waals surface area contributed by atoms with Crippen molar-refractivity contribution in [2.24, 2.45) is 10.9 Å². The van der Waals surface area contributed by atoms with Gasteiger partial charge in [0.25, 0.3) is 0 Å². The maximum absolute atomic E-state index is 6.15. The summed E-state index contributed by atoms with van der Waals surface area (Å²) in [6, 6.07) is 4.53. The quantitative estimate of drug-likeness (QED) is 0.273. The zero-order valence-electron chi connectivity index (χ0n) is 20.0. The minimum Gasteiger partial charge on any atom is -0.474 e. The van der Waals surface area contributed by atoms with Crippen molar-refractivity contribution in [1.82, 2.24) is 20.5 Å². The van der Waals surface area contributed by atoms with E-state index in [1.165, 1.54) is 12.8 Å². The molecule has 0 unspecified atom stereocenters. The molecule has 1 aromatic heterocycles. The summed E-state index contributed by atoms with van der Waals surface area (Å²) in [7, 11) is 1.77. The molecule has 2 heterocycles. The third-order valence-corrected chi connectivity index (χ3v) is 6.35. The molecule has 7 nitrogen and oxygen atoms in total. The van der Waals surface area contributed by atoms with Gasteiger partial charge in [-0.15, -0.1) is 24.0 Å². The number of hydrogen-bond donors (Lipinski definition) is 2. The molecule has 182 valence electrons. The number of methoxy groups -OCH3 is 1. The van der Waals surface area contributed by atoms with Gasteiger partial charge in [-0.1, -0.05) is 6.92 Å². The number of nitrogens with zero attached hydrogens (tertiary/aromatic N) is 3. The van der Waals surface area contributed by atoms with Gasteiger partial charge in [-0.2, -0.15) is 0 Å². The maximum atomic E-state index is 6.15. The van der Waals surface area contributed by atoms with E-state index in [9.17, 15) is 0 Å². The predicted octanol–water partition coefficient (Wildman–Crippen LogP) is 3.82. The zero-order valence-corrected chi connectivity index (χ0v) is 22.3. The van der Waals surface area contributed by atoms with Gasteiger partial charge >= 0.3 is 0 Å². The van der Waals surface area contributed by atoms with Crippen LogP contribution in [0.1, 0.15) is 57.9 Å². The number of hydrogen-bond acceptors (Lipinski definition) is 5. The Labute approximate surface area is 211 Å². The number of nitrogens with one attached hydrogen (secondary N) is 2. The van der Waals surface area contributed by atoms with Crippen LogP contribution in [0.25, 0.3) is 0 Å². The van der Waals surface area contributed by atoms with E-state index in [1.54, 1.807) is 7.11 Å². The standard InChI is InChI=1S/C24H41N5O2.HI/c1-4-25-24(28-21-10-13-29(14-11-21)15-16-30-3)27-18-20-9-12-26-23(17-20)31-22-7-5-19(2)6-8-22;/h9,12,17,19,21-22H,4-8,10-11,13-16,18H2,1-3H3,(H2,25,27,28);1H. The van der Waals surface area contributed by atoms with Crippen LogP contribution in [0.4, 0.5) is 0 Å². The van der Waals surface area contributed by atoms with Crippen LogP contribution in [0.5, 0.6) is 5.88 Å². The van der Waals surface area contributed by atoms with Crippen molar-refractivity contribution >= 4 is 29.9 Å². The Balaban J connectivity index is 0.00000363. The van der Waals surface area contributed by atoms with Gasteiger partial charge in [0.05, 0.1) is 13.2 Å². The number of pyridine rings is 1. The first kappa shape index (κ1) is 27.1. The van der Waals surface area contributed by atoms with Crippen LogP contribution in [0.2, 0.25) is 0 Å². The van der Waals surface area contributed by atoms with Crippen molar-refractivity contribution in [1.29, 1.82) is 0 Å². The number of piperidine rings is 1. The van der Waals surface area contributed by atoms with Crippen molar-refractivity contribution in [3.05, 3.63) is 23.9 Å². The third kappa shape index (κ3) is 9.39. The third-order valence-electron chi connectivity index (χ3n) is 6.35. The molecule has 32 heavy (non-hydrogen) atoms. The van der Waals surface area contributed by atoms with Gasteiger partial charge in [0.1, 0.15) is 6.10 Å². The molecule has 1 aliphatic heterocycles. The molecule has 1 aromatic rings. The van der Waals surface area contributed by atoms with E-state index >= 15 is 0 Å². The minimum atomic E-state index is 0. The van der Waals surface area contributed by atoms with E-state index in [4.69, 9.17) is 14.5 Å². The molecule has 0 radical (unpaired) electrons. The van der Waals surface area contributed by atoms with Gasteiger partial charge in [0.2, 0.25) is 5.88 Å². The van der Waals surface area contributed by atoms with Crippen LogP contribution in [0, 0.1) is 5.92 Å². The number of aliphatic imine (C=N–C) groups is 1. The van der Waals surface area contributed by atoms with E-state index in [-0.39, 0.29) is 24.0 Å². The molecule has 8 heteroatoms. The van der Waals surface area contributed by atoms with E-state index in [0.29, 0.717) is 18.7 Å². The average molecular weight is 560 g/mol. The number of likely N-dealkylation sites (tertiary alicyclic amines) is 1. The first-order valence-corrected chi connectivity index (χ1v) is 12.0. The number of ether oxygens (including phenoxy) is 2. The fraction of sp³-hybridized carbons (Fsp3) is 0.750. The molecule has 2 N–H and O–H groups in total. The van der Waals surface area contributed by atoms with Crippen LogP contribution in [-0.4, -0.2) is 67.9 Å². The van der Waals surface area contributed by atoms with Gasteiger partial charge < -0.3 is 25.0 Å². The molecule has 1 aliphatic carbocycles. The fourth-order valence-corrected chi connectivity index (χ4v) is 4.34. The molecular formula is C24H42IN5O2. The zero-order chi connectivity index (χ0) is 21.9. The lowest BCUT2D eigenvalue weighted by Crippen LogP contribution is -2.49. The second-order valence-electron chi connectivity index (χ2n) is 8.95.